The molecule has 0 saturated carbocycles. The van der Waals surface area contributed by atoms with E-state index in [1.165, 1.54) is 18.7 Å². The Bertz CT molecular complexity index is 1210. The standard InChI is InChI=1S/C24H23N3O4S2/c1-15-25-19(13-32-15)14-33-22-6-4-3-5-20(22)24(30)31-12-23(29)26-18-7-8-21-17(11-18)9-10-27(21)16(2)28/h3-8,11,13H,9-10,12,14H2,1-2H3,(H,26,29). The molecule has 0 saturated heterocycles. The topological polar surface area (TPSA) is 88.6 Å². The number of aromatic nitrogens is 1. The Morgan fingerprint density at radius 2 is 2.03 bits per heavy atom. The van der Waals surface area contributed by atoms with Crippen LogP contribution in [0.2, 0.25) is 0 Å². The van der Waals surface area contributed by atoms with E-state index in [0.29, 0.717) is 23.5 Å². The van der Waals surface area contributed by atoms with Crippen molar-refractivity contribution in [1.82, 2.24) is 4.98 Å². The molecular formula is C24H23N3O4S2. The fourth-order valence-electron chi connectivity index (χ4n) is 3.60. The molecule has 1 aromatic heterocycles. The molecule has 0 radical (unpaired) electrons. The number of fused-ring (bicyclic) bond motifs is 1. The summed E-state index contributed by atoms with van der Waals surface area (Å²) < 4.78 is 5.27. The van der Waals surface area contributed by atoms with Gasteiger partial charge in [-0.05, 0) is 49.2 Å². The number of benzene rings is 2. The van der Waals surface area contributed by atoms with Crippen LogP contribution < -0.4 is 10.2 Å². The van der Waals surface area contributed by atoms with Crippen LogP contribution in [0, 0.1) is 6.92 Å². The molecule has 1 N–H and O–H groups in total. The third kappa shape index (κ3) is 5.61. The first-order chi connectivity index (χ1) is 15.9. The second-order valence-electron chi connectivity index (χ2n) is 7.53. The van der Waals surface area contributed by atoms with Crippen molar-refractivity contribution >= 4 is 52.3 Å². The SMILES string of the molecule is CC(=O)N1CCc2cc(NC(=O)COC(=O)c3ccccc3SCc3csc(C)n3)ccc21. The lowest BCUT2D eigenvalue weighted by atomic mass is 10.1. The minimum Gasteiger partial charge on any atom is -0.452 e. The zero-order valence-corrected chi connectivity index (χ0v) is 19.9. The van der Waals surface area contributed by atoms with Crippen molar-refractivity contribution in [2.45, 2.75) is 30.9 Å². The quantitative estimate of drug-likeness (QED) is 0.396. The Morgan fingerprint density at radius 3 is 2.79 bits per heavy atom. The molecule has 0 aliphatic carbocycles. The van der Waals surface area contributed by atoms with Gasteiger partial charge in [0, 0.05) is 40.9 Å². The predicted octanol–water partition coefficient (Wildman–Crippen LogP) is 4.45. The number of aryl methyl sites for hydroxylation is 1. The molecule has 7 nitrogen and oxygen atoms in total. The summed E-state index contributed by atoms with van der Waals surface area (Å²) in [5.74, 6) is -0.326. The molecule has 33 heavy (non-hydrogen) atoms. The van der Waals surface area contributed by atoms with Crippen LogP contribution in [0.4, 0.5) is 11.4 Å². The van der Waals surface area contributed by atoms with Crippen molar-refractivity contribution in [3.8, 4) is 0 Å². The highest BCUT2D eigenvalue weighted by Crippen LogP contribution is 2.30. The van der Waals surface area contributed by atoms with Crippen LogP contribution in [0.15, 0.2) is 52.7 Å². The number of rotatable bonds is 7. The maximum absolute atomic E-state index is 12.6. The molecule has 2 amide bonds. The number of thioether (sulfide) groups is 1. The maximum atomic E-state index is 12.6. The van der Waals surface area contributed by atoms with E-state index in [0.717, 1.165) is 33.3 Å². The van der Waals surface area contributed by atoms with E-state index < -0.39 is 11.9 Å². The normalized spacial score (nSPS) is 12.4. The van der Waals surface area contributed by atoms with Crippen LogP contribution in [0.25, 0.3) is 0 Å². The lowest BCUT2D eigenvalue weighted by molar-refractivity contribution is -0.119. The zero-order chi connectivity index (χ0) is 23.4. The third-order valence-corrected chi connectivity index (χ3v) is 7.05. The number of thiazole rings is 1. The summed E-state index contributed by atoms with van der Waals surface area (Å²) in [6.07, 6.45) is 0.739. The number of nitrogens with one attached hydrogen (secondary N) is 1. The molecule has 4 rings (SSSR count). The summed E-state index contributed by atoms with van der Waals surface area (Å²) in [7, 11) is 0. The van der Waals surface area contributed by atoms with Crippen molar-refractivity contribution in [1.29, 1.82) is 0 Å². The summed E-state index contributed by atoms with van der Waals surface area (Å²) >= 11 is 3.10. The summed E-state index contributed by atoms with van der Waals surface area (Å²) in [5.41, 5.74) is 3.86. The fourth-order valence-corrected chi connectivity index (χ4v) is 5.25. The molecular weight excluding hydrogens is 458 g/mol. The number of carbonyl (C=O) groups excluding carboxylic acids is 3. The highest BCUT2D eigenvalue weighted by Gasteiger charge is 2.22. The van der Waals surface area contributed by atoms with Gasteiger partial charge in [-0.25, -0.2) is 9.78 Å². The zero-order valence-electron chi connectivity index (χ0n) is 18.3. The van der Waals surface area contributed by atoms with E-state index in [4.69, 9.17) is 4.74 Å². The smallest absolute Gasteiger partial charge is 0.339 e. The fraction of sp³-hybridized carbons (Fsp3) is 0.250. The summed E-state index contributed by atoms with van der Waals surface area (Å²) in [6, 6.07) is 12.6. The van der Waals surface area contributed by atoms with Gasteiger partial charge in [0.25, 0.3) is 5.91 Å². The van der Waals surface area contributed by atoms with E-state index >= 15 is 0 Å². The molecule has 0 fully saturated rings. The van der Waals surface area contributed by atoms with Crippen molar-refractivity contribution in [3.63, 3.8) is 0 Å². The second-order valence-corrected chi connectivity index (χ2v) is 9.61. The van der Waals surface area contributed by atoms with Gasteiger partial charge in [0.2, 0.25) is 5.91 Å². The van der Waals surface area contributed by atoms with Crippen molar-refractivity contribution in [2.75, 3.05) is 23.4 Å². The number of amides is 2. The van der Waals surface area contributed by atoms with Gasteiger partial charge < -0.3 is 15.0 Å². The number of carbonyl (C=O) groups is 3. The Balaban J connectivity index is 1.33. The Kier molecular flexibility index (Phi) is 7.10. The van der Waals surface area contributed by atoms with E-state index in [1.54, 1.807) is 34.4 Å². The van der Waals surface area contributed by atoms with Gasteiger partial charge in [0.15, 0.2) is 6.61 Å². The third-order valence-electron chi connectivity index (χ3n) is 5.12. The molecule has 1 aliphatic rings. The number of anilines is 2. The molecule has 1 aliphatic heterocycles. The number of nitrogens with zero attached hydrogens (tertiary/aromatic N) is 2. The molecule has 2 aromatic carbocycles. The van der Waals surface area contributed by atoms with Gasteiger partial charge >= 0.3 is 5.97 Å². The van der Waals surface area contributed by atoms with E-state index in [-0.39, 0.29) is 12.5 Å². The first-order valence-corrected chi connectivity index (χ1v) is 12.3. The molecule has 0 spiro atoms. The average molecular weight is 482 g/mol. The minimum atomic E-state index is -0.547. The van der Waals surface area contributed by atoms with Crippen LogP contribution in [-0.4, -0.2) is 35.9 Å². The van der Waals surface area contributed by atoms with Crippen LogP contribution in [0.3, 0.4) is 0 Å². The highest BCUT2D eigenvalue weighted by molar-refractivity contribution is 7.98. The monoisotopic (exact) mass is 481 g/mol. The number of hydrogen-bond acceptors (Lipinski definition) is 7. The van der Waals surface area contributed by atoms with Gasteiger partial charge in [-0.1, -0.05) is 12.1 Å². The molecule has 2 heterocycles. The molecule has 0 bridgehead atoms. The molecule has 9 heteroatoms. The molecule has 0 atom stereocenters. The van der Waals surface area contributed by atoms with Crippen LogP contribution in [-0.2, 0) is 26.5 Å². The summed E-state index contributed by atoms with van der Waals surface area (Å²) in [4.78, 5) is 43.6. The average Bonchev–Trinajstić information content (AvgIpc) is 3.42. The number of ether oxygens (including phenoxy) is 1. The van der Waals surface area contributed by atoms with E-state index in [1.807, 2.05) is 36.6 Å². The lowest BCUT2D eigenvalue weighted by Crippen LogP contribution is -2.25. The number of hydrogen-bond donors (Lipinski definition) is 1. The minimum absolute atomic E-state index is 0.00223. The van der Waals surface area contributed by atoms with Gasteiger partial charge in [0.05, 0.1) is 16.3 Å². The highest BCUT2D eigenvalue weighted by atomic mass is 32.2. The summed E-state index contributed by atoms with van der Waals surface area (Å²) in [6.45, 7) is 3.74. The number of esters is 1. The van der Waals surface area contributed by atoms with Crippen LogP contribution in [0.5, 0.6) is 0 Å². The van der Waals surface area contributed by atoms with E-state index in [9.17, 15) is 14.4 Å². The van der Waals surface area contributed by atoms with Gasteiger partial charge in [-0.3, -0.25) is 9.59 Å². The Morgan fingerprint density at radius 1 is 1.21 bits per heavy atom. The van der Waals surface area contributed by atoms with Gasteiger partial charge in [-0.15, -0.1) is 23.1 Å². The first kappa shape index (κ1) is 23.0. The van der Waals surface area contributed by atoms with E-state index in [2.05, 4.69) is 10.3 Å². The lowest BCUT2D eigenvalue weighted by Gasteiger charge is -2.15. The van der Waals surface area contributed by atoms with Crippen molar-refractivity contribution in [3.05, 3.63) is 69.7 Å². The predicted molar refractivity (Wildman–Crippen MR) is 130 cm³/mol. The largest absolute Gasteiger partial charge is 0.452 e. The Labute approximate surface area is 200 Å². The molecule has 170 valence electrons. The van der Waals surface area contributed by atoms with Crippen molar-refractivity contribution in [2.24, 2.45) is 0 Å². The Hall–Kier alpha value is -3.17. The maximum Gasteiger partial charge on any atom is 0.339 e. The van der Waals surface area contributed by atoms with Crippen molar-refractivity contribution < 1.29 is 19.1 Å². The second kappa shape index (κ2) is 10.2. The van der Waals surface area contributed by atoms with Gasteiger partial charge in [0.1, 0.15) is 0 Å². The molecule has 3 aromatic rings. The van der Waals surface area contributed by atoms with Gasteiger partial charge in [-0.2, -0.15) is 0 Å². The van der Waals surface area contributed by atoms with Crippen LogP contribution >= 0.6 is 23.1 Å². The first-order valence-electron chi connectivity index (χ1n) is 10.4. The van der Waals surface area contributed by atoms with Crippen LogP contribution in [0.1, 0.15) is 33.5 Å². The summed E-state index contributed by atoms with van der Waals surface area (Å²) in [5, 5.41) is 5.76. The molecule has 0 unspecified atom stereocenters.